The molecule has 2 rings (SSSR count). The normalized spacial score (nSPS) is 12.3. The molecule has 0 saturated carbocycles. The third-order valence-electron chi connectivity index (χ3n) is 3.61. The van der Waals surface area contributed by atoms with E-state index >= 15 is 0 Å². The molecule has 3 heteroatoms. The van der Waals surface area contributed by atoms with Crippen LogP contribution in [0.3, 0.4) is 0 Å². The van der Waals surface area contributed by atoms with Crippen LogP contribution in [0, 0.1) is 5.82 Å². The van der Waals surface area contributed by atoms with E-state index in [0.717, 1.165) is 30.5 Å². The number of aryl methyl sites for hydroxylation is 1. The van der Waals surface area contributed by atoms with Crippen molar-refractivity contribution in [1.29, 1.82) is 0 Å². The van der Waals surface area contributed by atoms with E-state index in [9.17, 15) is 9.50 Å². The average Bonchev–Trinajstić information content (AvgIpc) is 2.53. The Hall–Kier alpha value is -1.71. The summed E-state index contributed by atoms with van der Waals surface area (Å²) in [5, 5.41) is 13.3. The standard InChI is InChI=1S/C18H22FNO/c1-2-14-3-7-16(8-4-14)18(21)13-20-12-11-15-5-9-17(19)10-6-15/h3-10,18,20-21H,2,11-13H2,1H3. The van der Waals surface area contributed by atoms with Gasteiger partial charge in [-0.05, 0) is 48.2 Å². The lowest BCUT2D eigenvalue weighted by Gasteiger charge is -2.13. The molecule has 21 heavy (non-hydrogen) atoms. The Balaban J connectivity index is 1.73. The summed E-state index contributed by atoms with van der Waals surface area (Å²) >= 11 is 0. The Bertz CT molecular complexity index is 536. The van der Waals surface area contributed by atoms with E-state index in [2.05, 4.69) is 24.4 Å². The van der Waals surface area contributed by atoms with Gasteiger partial charge in [0.2, 0.25) is 0 Å². The second-order valence-corrected chi connectivity index (χ2v) is 5.19. The number of rotatable bonds is 7. The fourth-order valence-corrected chi connectivity index (χ4v) is 2.22. The molecule has 1 unspecified atom stereocenters. The van der Waals surface area contributed by atoms with Crippen LogP contribution in [0.5, 0.6) is 0 Å². The van der Waals surface area contributed by atoms with Crippen molar-refractivity contribution in [3.05, 3.63) is 71.0 Å². The molecule has 2 N–H and O–H groups in total. The third kappa shape index (κ3) is 4.96. The first-order chi connectivity index (χ1) is 10.2. The summed E-state index contributed by atoms with van der Waals surface area (Å²) in [5.41, 5.74) is 3.29. The molecule has 1 atom stereocenters. The van der Waals surface area contributed by atoms with E-state index in [1.165, 1.54) is 17.7 Å². The molecule has 0 spiro atoms. The average molecular weight is 287 g/mol. The Morgan fingerprint density at radius 3 is 2.24 bits per heavy atom. The fourth-order valence-electron chi connectivity index (χ4n) is 2.22. The van der Waals surface area contributed by atoms with Crippen molar-refractivity contribution in [2.24, 2.45) is 0 Å². The number of aliphatic hydroxyl groups is 1. The molecule has 2 aromatic rings. The molecule has 2 aromatic carbocycles. The summed E-state index contributed by atoms with van der Waals surface area (Å²) in [6, 6.07) is 14.6. The van der Waals surface area contributed by atoms with E-state index in [1.807, 2.05) is 12.1 Å². The van der Waals surface area contributed by atoms with Crippen molar-refractivity contribution in [1.82, 2.24) is 5.32 Å². The minimum Gasteiger partial charge on any atom is -0.387 e. The maximum atomic E-state index is 12.8. The molecule has 0 aliphatic carbocycles. The first-order valence-corrected chi connectivity index (χ1v) is 7.41. The van der Waals surface area contributed by atoms with E-state index in [4.69, 9.17) is 0 Å². The van der Waals surface area contributed by atoms with Gasteiger partial charge in [-0.25, -0.2) is 4.39 Å². The van der Waals surface area contributed by atoms with Crippen molar-refractivity contribution >= 4 is 0 Å². The van der Waals surface area contributed by atoms with Crippen LogP contribution in [-0.2, 0) is 12.8 Å². The molecular formula is C18H22FNO. The molecule has 0 aliphatic rings. The smallest absolute Gasteiger partial charge is 0.123 e. The van der Waals surface area contributed by atoms with Gasteiger partial charge >= 0.3 is 0 Å². The van der Waals surface area contributed by atoms with Gasteiger partial charge in [-0.3, -0.25) is 0 Å². The van der Waals surface area contributed by atoms with Gasteiger partial charge in [0.25, 0.3) is 0 Å². The van der Waals surface area contributed by atoms with Crippen LogP contribution in [0.1, 0.15) is 29.7 Å². The van der Waals surface area contributed by atoms with Crippen molar-refractivity contribution in [3.8, 4) is 0 Å². The Kier molecular flexibility index (Phi) is 5.90. The third-order valence-corrected chi connectivity index (χ3v) is 3.61. The lowest BCUT2D eigenvalue weighted by Crippen LogP contribution is -2.23. The Morgan fingerprint density at radius 2 is 1.62 bits per heavy atom. The second kappa shape index (κ2) is 7.91. The summed E-state index contributed by atoms with van der Waals surface area (Å²) < 4.78 is 12.8. The summed E-state index contributed by atoms with van der Waals surface area (Å²) in [4.78, 5) is 0. The number of aliphatic hydroxyl groups excluding tert-OH is 1. The zero-order chi connectivity index (χ0) is 15.1. The van der Waals surface area contributed by atoms with E-state index in [-0.39, 0.29) is 5.82 Å². The van der Waals surface area contributed by atoms with Gasteiger partial charge in [0, 0.05) is 6.54 Å². The highest BCUT2D eigenvalue weighted by Crippen LogP contribution is 2.13. The van der Waals surface area contributed by atoms with Crippen LogP contribution in [0.15, 0.2) is 48.5 Å². The number of benzene rings is 2. The molecule has 112 valence electrons. The van der Waals surface area contributed by atoms with Crippen molar-refractivity contribution < 1.29 is 9.50 Å². The molecule has 0 aliphatic heterocycles. The summed E-state index contributed by atoms with van der Waals surface area (Å²) in [6.07, 6.45) is 1.33. The SMILES string of the molecule is CCc1ccc(C(O)CNCCc2ccc(F)cc2)cc1. The zero-order valence-corrected chi connectivity index (χ0v) is 12.3. The highest BCUT2D eigenvalue weighted by Gasteiger charge is 2.06. The van der Waals surface area contributed by atoms with Gasteiger partial charge in [-0.1, -0.05) is 43.3 Å². The number of nitrogens with one attached hydrogen (secondary N) is 1. The minimum atomic E-state index is -0.496. The first kappa shape index (κ1) is 15.7. The lowest BCUT2D eigenvalue weighted by atomic mass is 10.1. The van der Waals surface area contributed by atoms with Crippen LogP contribution in [0.4, 0.5) is 4.39 Å². The molecule has 0 heterocycles. The maximum absolute atomic E-state index is 12.8. The van der Waals surface area contributed by atoms with Crippen molar-refractivity contribution in [2.45, 2.75) is 25.9 Å². The van der Waals surface area contributed by atoms with Gasteiger partial charge in [0.15, 0.2) is 0 Å². The molecule has 0 fully saturated rings. The van der Waals surface area contributed by atoms with Gasteiger partial charge in [-0.15, -0.1) is 0 Å². The fraction of sp³-hybridized carbons (Fsp3) is 0.333. The van der Waals surface area contributed by atoms with Gasteiger partial charge in [-0.2, -0.15) is 0 Å². The van der Waals surface area contributed by atoms with Crippen LogP contribution in [-0.4, -0.2) is 18.2 Å². The van der Waals surface area contributed by atoms with Crippen LogP contribution < -0.4 is 5.32 Å². The minimum absolute atomic E-state index is 0.211. The quantitative estimate of drug-likeness (QED) is 0.766. The first-order valence-electron chi connectivity index (χ1n) is 7.41. The molecule has 2 nitrogen and oxygen atoms in total. The molecule has 0 aromatic heterocycles. The molecule has 0 bridgehead atoms. The summed E-state index contributed by atoms with van der Waals surface area (Å²) in [7, 11) is 0. The predicted molar refractivity (Wildman–Crippen MR) is 83.8 cm³/mol. The number of halogens is 1. The van der Waals surface area contributed by atoms with Gasteiger partial charge in [0.05, 0.1) is 6.10 Å². The van der Waals surface area contributed by atoms with Crippen molar-refractivity contribution in [3.63, 3.8) is 0 Å². The zero-order valence-electron chi connectivity index (χ0n) is 12.3. The topological polar surface area (TPSA) is 32.3 Å². The van der Waals surface area contributed by atoms with Crippen molar-refractivity contribution in [2.75, 3.05) is 13.1 Å². The molecule has 0 radical (unpaired) electrons. The van der Waals surface area contributed by atoms with Crippen LogP contribution in [0.2, 0.25) is 0 Å². The van der Waals surface area contributed by atoms with Crippen LogP contribution in [0.25, 0.3) is 0 Å². The summed E-state index contributed by atoms with van der Waals surface area (Å²) in [5.74, 6) is -0.211. The van der Waals surface area contributed by atoms with E-state index in [0.29, 0.717) is 6.54 Å². The highest BCUT2D eigenvalue weighted by atomic mass is 19.1. The Labute approximate surface area is 125 Å². The predicted octanol–water partition coefficient (Wildman–Crippen LogP) is 3.25. The second-order valence-electron chi connectivity index (χ2n) is 5.19. The molecular weight excluding hydrogens is 265 g/mol. The van der Waals surface area contributed by atoms with Gasteiger partial charge in [0.1, 0.15) is 5.82 Å². The number of hydrogen-bond donors (Lipinski definition) is 2. The monoisotopic (exact) mass is 287 g/mol. The molecule has 0 saturated heterocycles. The molecule has 0 amide bonds. The largest absolute Gasteiger partial charge is 0.387 e. The van der Waals surface area contributed by atoms with Crippen LogP contribution >= 0.6 is 0 Å². The summed E-state index contributed by atoms with van der Waals surface area (Å²) in [6.45, 7) is 3.39. The Morgan fingerprint density at radius 1 is 1.00 bits per heavy atom. The lowest BCUT2D eigenvalue weighted by molar-refractivity contribution is 0.175. The number of hydrogen-bond acceptors (Lipinski definition) is 2. The van der Waals surface area contributed by atoms with E-state index in [1.54, 1.807) is 12.1 Å². The highest BCUT2D eigenvalue weighted by molar-refractivity contribution is 5.24. The van der Waals surface area contributed by atoms with Gasteiger partial charge < -0.3 is 10.4 Å². The maximum Gasteiger partial charge on any atom is 0.123 e. The van der Waals surface area contributed by atoms with E-state index < -0.39 is 6.10 Å².